The molecule has 0 amide bonds. The molecule has 0 fully saturated rings. The molecule has 3 aromatic rings. The van der Waals surface area contributed by atoms with E-state index in [-0.39, 0.29) is 5.75 Å². The van der Waals surface area contributed by atoms with E-state index in [9.17, 15) is 8.42 Å². The molecule has 10 heteroatoms. The van der Waals surface area contributed by atoms with Gasteiger partial charge in [0.05, 0.1) is 5.75 Å². The average molecular weight is 447 g/mol. The Morgan fingerprint density at radius 3 is 2.60 bits per heavy atom. The van der Waals surface area contributed by atoms with Crippen LogP contribution < -0.4 is 0 Å². The Balaban J connectivity index is 1.68. The third-order valence-corrected chi connectivity index (χ3v) is 7.96. The van der Waals surface area contributed by atoms with Crippen LogP contribution >= 0.6 is 11.8 Å². The molecular weight excluding hydrogens is 420 g/mol. The highest BCUT2D eigenvalue weighted by Gasteiger charge is 2.32. The van der Waals surface area contributed by atoms with E-state index in [1.54, 1.807) is 16.1 Å². The second kappa shape index (κ2) is 8.52. The van der Waals surface area contributed by atoms with Crippen molar-refractivity contribution >= 4 is 21.8 Å². The molecule has 0 saturated carbocycles. The molecule has 1 aromatic carbocycles. The molecule has 0 spiro atoms. The summed E-state index contributed by atoms with van der Waals surface area (Å²) in [6.45, 7) is 5.63. The third kappa shape index (κ3) is 3.91. The minimum absolute atomic E-state index is 0.00119. The van der Waals surface area contributed by atoms with Crippen LogP contribution in [0.15, 0.2) is 35.5 Å². The summed E-state index contributed by atoms with van der Waals surface area (Å²) >= 11 is 1.64. The molecule has 4 rings (SSSR count). The first-order valence-electron chi connectivity index (χ1n) is 10.1. The van der Waals surface area contributed by atoms with Crippen molar-refractivity contribution in [3.63, 3.8) is 0 Å². The van der Waals surface area contributed by atoms with Crippen LogP contribution in [-0.2, 0) is 42.3 Å². The molecule has 0 saturated heterocycles. The summed E-state index contributed by atoms with van der Waals surface area (Å²) in [4.78, 5) is 0. The molecule has 3 heterocycles. The van der Waals surface area contributed by atoms with E-state index in [0.717, 1.165) is 40.0 Å². The SMILES string of the molecule is CCSc1nnc(-c2nn(C)c3c2CN(S(=O)(=O)Cc2ccccc2)CC3)n1CC. The van der Waals surface area contributed by atoms with Crippen molar-refractivity contribution in [3.05, 3.63) is 47.2 Å². The third-order valence-electron chi connectivity index (χ3n) is 5.31. The molecule has 1 aliphatic rings. The van der Waals surface area contributed by atoms with Crippen LogP contribution in [0.25, 0.3) is 11.5 Å². The maximum Gasteiger partial charge on any atom is 0.218 e. The standard InChI is InChI=1S/C20H26N6O2S2/c1-4-26-19(21-22-20(26)29-5-2)18-16-13-25(12-11-17(16)24(3)23-18)30(27,28)14-15-9-7-6-8-10-15/h6-10H,4-5,11-14H2,1-3H3. The first kappa shape index (κ1) is 21.1. The molecule has 8 nitrogen and oxygen atoms in total. The number of nitrogens with zero attached hydrogens (tertiary/aromatic N) is 6. The number of rotatable bonds is 7. The van der Waals surface area contributed by atoms with Gasteiger partial charge in [-0.05, 0) is 18.2 Å². The van der Waals surface area contributed by atoms with Gasteiger partial charge in [0.15, 0.2) is 11.0 Å². The summed E-state index contributed by atoms with van der Waals surface area (Å²) in [6.07, 6.45) is 0.629. The van der Waals surface area contributed by atoms with Crippen LogP contribution in [0, 0.1) is 0 Å². The summed E-state index contributed by atoms with van der Waals surface area (Å²) in [7, 11) is -1.53. The van der Waals surface area contributed by atoms with Gasteiger partial charge in [0.2, 0.25) is 10.0 Å². The highest BCUT2D eigenvalue weighted by Crippen LogP contribution is 2.32. The number of sulfonamides is 1. The van der Waals surface area contributed by atoms with Crippen molar-refractivity contribution in [2.24, 2.45) is 7.05 Å². The molecule has 1 aliphatic heterocycles. The molecule has 0 bridgehead atoms. The Hall–Kier alpha value is -2.17. The number of hydrogen-bond donors (Lipinski definition) is 0. The Bertz CT molecular complexity index is 1140. The van der Waals surface area contributed by atoms with Gasteiger partial charge in [0, 0.05) is 44.4 Å². The fraction of sp³-hybridized carbons (Fsp3) is 0.450. The number of hydrogen-bond acceptors (Lipinski definition) is 6. The second-order valence-electron chi connectivity index (χ2n) is 7.21. The quantitative estimate of drug-likeness (QED) is 0.519. The van der Waals surface area contributed by atoms with Crippen LogP contribution in [0.4, 0.5) is 0 Å². The molecule has 30 heavy (non-hydrogen) atoms. The maximum atomic E-state index is 13.1. The smallest absolute Gasteiger partial charge is 0.218 e. The molecule has 0 unspecified atom stereocenters. The fourth-order valence-corrected chi connectivity index (χ4v) is 6.07. The van der Waals surface area contributed by atoms with Crippen LogP contribution in [0.2, 0.25) is 0 Å². The van der Waals surface area contributed by atoms with Gasteiger partial charge >= 0.3 is 0 Å². The summed E-state index contributed by atoms with van der Waals surface area (Å²) in [5.74, 6) is 1.61. The minimum Gasteiger partial charge on any atom is -0.301 e. The lowest BCUT2D eigenvalue weighted by Gasteiger charge is -2.27. The molecule has 0 N–H and O–H groups in total. The van der Waals surface area contributed by atoms with Crippen LogP contribution in [0.3, 0.4) is 0 Å². The van der Waals surface area contributed by atoms with E-state index in [4.69, 9.17) is 5.10 Å². The van der Waals surface area contributed by atoms with Gasteiger partial charge < -0.3 is 4.57 Å². The van der Waals surface area contributed by atoms with Gasteiger partial charge in [-0.15, -0.1) is 10.2 Å². The zero-order valence-electron chi connectivity index (χ0n) is 17.4. The van der Waals surface area contributed by atoms with Crippen molar-refractivity contribution in [1.29, 1.82) is 0 Å². The van der Waals surface area contributed by atoms with Crippen molar-refractivity contribution in [2.45, 2.75) is 44.3 Å². The molecule has 0 atom stereocenters. The molecular formula is C20H26N6O2S2. The Morgan fingerprint density at radius 1 is 1.13 bits per heavy atom. The summed E-state index contributed by atoms with van der Waals surface area (Å²) < 4.78 is 31.7. The van der Waals surface area contributed by atoms with Crippen LogP contribution in [-0.4, -0.2) is 49.6 Å². The summed E-state index contributed by atoms with van der Waals surface area (Å²) in [5, 5.41) is 14.3. The first-order valence-corrected chi connectivity index (χ1v) is 12.7. The predicted molar refractivity (Wildman–Crippen MR) is 117 cm³/mol. The van der Waals surface area contributed by atoms with Crippen molar-refractivity contribution in [1.82, 2.24) is 28.9 Å². The van der Waals surface area contributed by atoms with E-state index in [1.165, 1.54) is 0 Å². The Labute approximate surface area is 181 Å². The lowest BCUT2D eigenvalue weighted by molar-refractivity contribution is 0.385. The van der Waals surface area contributed by atoms with Gasteiger partial charge in [0.25, 0.3) is 0 Å². The van der Waals surface area contributed by atoms with Crippen LogP contribution in [0.1, 0.15) is 30.7 Å². The van der Waals surface area contributed by atoms with Gasteiger partial charge in [-0.3, -0.25) is 4.68 Å². The van der Waals surface area contributed by atoms with Gasteiger partial charge in [-0.1, -0.05) is 49.0 Å². The Kier molecular flexibility index (Phi) is 5.99. The summed E-state index contributed by atoms with van der Waals surface area (Å²) in [6, 6.07) is 9.31. The maximum absolute atomic E-state index is 13.1. The van der Waals surface area contributed by atoms with Crippen molar-refractivity contribution in [2.75, 3.05) is 12.3 Å². The first-order chi connectivity index (χ1) is 14.4. The Morgan fingerprint density at radius 2 is 1.90 bits per heavy atom. The van der Waals surface area contributed by atoms with E-state index in [2.05, 4.69) is 24.0 Å². The number of aromatic nitrogens is 5. The van der Waals surface area contributed by atoms with Gasteiger partial charge in [-0.25, -0.2) is 8.42 Å². The normalized spacial score (nSPS) is 14.8. The average Bonchev–Trinajstić information content (AvgIpc) is 3.29. The fourth-order valence-electron chi connectivity index (χ4n) is 3.85. The van der Waals surface area contributed by atoms with E-state index >= 15 is 0 Å². The lowest BCUT2D eigenvalue weighted by atomic mass is 10.1. The highest BCUT2D eigenvalue weighted by atomic mass is 32.2. The predicted octanol–water partition coefficient (Wildman–Crippen LogP) is 2.70. The number of benzene rings is 1. The number of thioether (sulfide) groups is 1. The zero-order valence-corrected chi connectivity index (χ0v) is 19.1. The minimum atomic E-state index is -3.44. The number of fused-ring (bicyclic) bond motifs is 1. The van der Waals surface area contributed by atoms with Crippen LogP contribution in [0.5, 0.6) is 0 Å². The second-order valence-corrected chi connectivity index (χ2v) is 10.4. The molecule has 2 aromatic heterocycles. The summed E-state index contributed by atoms with van der Waals surface area (Å²) in [5.41, 5.74) is 3.51. The van der Waals surface area contributed by atoms with Crippen molar-refractivity contribution in [3.8, 4) is 11.5 Å². The van der Waals surface area contributed by atoms with E-state index in [1.807, 2.05) is 46.6 Å². The van der Waals surface area contributed by atoms with E-state index in [0.29, 0.717) is 25.3 Å². The molecule has 160 valence electrons. The van der Waals surface area contributed by atoms with Gasteiger partial charge in [0.1, 0.15) is 5.69 Å². The highest BCUT2D eigenvalue weighted by molar-refractivity contribution is 7.99. The van der Waals surface area contributed by atoms with Gasteiger partial charge in [-0.2, -0.15) is 9.40 Å². The topological polar surface area (TPSA) is 85.9 Å². The number of aryl methyl sites for hydroxylation is 1. The van der Waals surface area contributed by atoms with E-state index < -0.39 is 10.0 Å². The van der Waals surface area contributed by atoms with Crippen molar-refractivity contribution < 1.29 is 8.42 Å². The lowest BCUT2D eigenvalue weighted by Crippen LogP contribution is -2.37. The monoisotopic (exact) mass is 446 g/mol. The largest absolute Gasteiger partial charge is 0.301 e. The molecule has 0 radical (unpaired) electrons. The zero-order chi connectivity index (χ0) is 21.3. The molecule has 0 aliphatic carbocycles.